The SMILES string of the molecule is COc1cccc(NC(=S)N2CCN(S(=O)(=O)c3ccc(C)cc3C)CC2)c1. The van der Waals surface area contributed by atoms with Gasteiger partial charge in [-0.3, -0.25) is 0 Å². The van der Waals surface area contributed by atoms with E-state index in [1.165, 1.54) is 4.31 Å². The zero-order chi connectivity index (χ0) is 20.3. The number of nitrogens with one attached hydrogen (secondary N) is 1. The van der Waals surface area contributed by atoms with Crippen molar-refractivity contribution in [3.63, 3.8) is 0 Å². The van der Waals surface area contributed by atoms with Gasteiger partial charge in [0.15, 0.2) is 5.11 Å². The van der Waals surface area contributed by atoms with Crippen LogP contribution < -0.4 is 10.1 Å². The molecule has 1 heterocycles. The molecule has 1 fully saturated rings. The Bertz CT molecular complexity index is 968. The fourth-order valence-electron chi connectivity index (χ4n) is 3.26. The number of hydrogen-bond acceptors (Lipinski definition) is 4. The summed E-state index contributed by atoms with van der Waals surface area (Å²) < 4.78 is 32.8. The zero-order valence-electron chi connectivity index (χ0n) is 16.3. The van der Waals surface area contributed by atoms with Crippen molar-refractivity contribution in [1.82, 2.24) is 9.21 Å². The quantitative estimate of drug-likeness (QED) is 0.769. The number of hydrogen-bond donors (Lipinski definition) is 1. The number of piperazine rings is 1. The first kappa shape index (κ1) is 20.6. The molecule has 150 valence electrons. The third kappa shape index (κ3) is 4.45. The molecule has 1 saturated heterocycles. The summed E-state index contributed by atoms with van der Waals surface area (Å²) >= 11 is 5.50. The summed E-state index contributed by atoms with van der Waals surface area (Å²) in [4.78, 5) is 2.37. The smallest absolute Gasteiger partial charge is 0.243 e. The van der Waals surface area contributed by atoms with Crippen molar-refractivity contribution in [2.75, 3.05) is 38.6 Å². The van der Waals surface area contributed by atoms with E-state index in [9.17, 15) is 8.42 Å². The van der Waals surface area contributed by atoms with E-state index in [1.54, 1.807) is 13.2 Å². The third-order valence-corrected chi connectivity index (χ3v) is 7.21. The lowest BCUT2D eigenvalue weighted by atomic mass is 10.2. The van der Waals surface area contributed by atoms with Crippen LogP contribution in [0.15, 0.2) is 47.4 Å². The fourth-order valence-corrected chi connectivity index (χ4v) is 5.19. The Hall–Kier alpha value is -2.16. The number of thiocarbonyl (C=S) groups is 1. The van der Waals surface area contributed by atoms with E-state index in [4.69, 9.17) is 17.0 Å². The van der Waals surface area contributed by atoms with E-state index < -0.39 is 10.0 Å². The second kappa shape index (κ2) is 8.46. The van der Waals surface area contributed by atoms with Gasteiger partial charge < -0.3 is 15.0 Å². The number of sulfonamides is 1. The molecule has 0 aromatic heterocycles. The summed E-state index contributed by atoms with van der Waals surface area (Å²) in [5.74, 6) is 0.747. The van der Waals surface area contributed by atoms with E-state index in [0.29, 0.717) is 36.2 Å². The van der Waals surface area contributed by atoms with E-state index in [2.05, 4.69) is 5.32 Å². The van der Waals surface area contributed by atoms with Gasteiger partial charge in [0.25, 0.3) is 0 Å². The summed E-state index contributed by atoms with van der Waals surface area (Å²) in [5, 5.41) is 3.78. The third-order valence-electron chi connectivity index (χ3n) is 4.80. The first-order chi connectivity index (χ1) is 13.3. The lowest BCUT2D eigenvalue weighted by Crippen LogP contribution is -2.51. The highest BCUT2D eigenvalue weighted by atomic mass is 32.2. The molecular weight excluding hydrogens is 394 g/mol. The summed E-state index contributed by atoms with van der Waals surface area (Å²) in [7, 11) is -1.88. The van der Waals surface area contributed by atoms with Crippen LogP contribution in [0.1, 0.15) is 11.1 Å². The molecule has 6 nitrogen and oxygen atoms in total. The van der Waals surface area contributed by atoms with Gasteiger partial charge >= 0.3 is 0 Å². The fraction of sp³-hybridized carbons (Fsp3) is 0.350. The lowest BCUT2D eigenvalue weighted by Gasteiger charge is -2.35. The normalized spacial score (nSPS) is 15.3. The number of anilines is 1. The van der Waals surface area contributed by atoms with Crippen LogP contribution in [0.5, 0.6) is 5.75 Å². The minimum Gasteiger partial charge on any atom is -0.497 e. The number of ether oxygens (including phenoxy) is 1. The van der Waals surface area contributed by atoms with Crippen molar-refractivity contribution < 1.29 is 13.2 Å². The molecule has 1 N–H and O–H groups in total. The molecule has 0 unspecified atom stereocenters. The van der Waals surface area contributed by atoms with Crippen LogP contribution in [-0.4, -0.2) is 56.0 Å². The van der Waals surface area contributed by atoms with Gasteiger partial charge in [-0.15, -0.1) is 0 Å². The molecule has 0 bridgehead atoms. The molecule has 1 aliphatic heterocycles. The van der Waals surface area contributed by atoms with Gasteiger partial charge in [0, 0.05) is 37.9 Å². The highest BCUT2D eigenvalue weighted by Crippen LogP contribution is 2.23. The van der Waals surface area contributed by atoms with Gasteiger partial charge in [0.05, 0.1) is 12.0 Å². The first-order valence-corrected chi connectivity index (χ1v) is 10.9. The molecule has 0 atom stereocenters. The molecular formula is C20H25N3O3S2. The maximum absolute atomic E-state index is 13.0. The van der Waals surface area contributed by atoms with E-state index in [-0.39, 0.29) is 0 Å². The number of rotatable bonds is 4. The monoisotopic (exact) mass is 419 g/mol. The largest absolute Gasteiger partial charge is 0.497 e. The molecule has 0 spiro atoms. The Labute approximate surface area is 172 Å². The summed E-state index contributed by atoms with van der Waals surface area (Å²) in [5.41, 5.74) is 2.67. The highest BCUT2D eigenvalue weighted by molar-refractivity contribution is 7.89. The van der Waals surface area contributed by atoms with Crippen LogP contribution in [0.2, 0.25) is 0 Å². The topological polar surface area (TPSA) is 61.9 Å². The van der Waals surface area contributed by atoms with E-state index >= 15 is 0 Å². The standard InChI is InChI=1S/C20H25N3O3S2/c1-15-7-8-19(16(2)13-15)28(24,25)23-11-9-22(10-12-23)20(27)21-17-5-4-6-18(14-17)26-3/h4-8,13-14H,9-12H2,1-3H3,(H,21,27). The van der Waals surface area contributed by atoms with Crippen LogP contribution in [0, 0.1) is 13.8 Å². The number of methoxy groups -OCH3 is 1. The van der Waals surface area contributed by atoms with Gasteiger partial charge in [-0.1, -0.05) is 23.8 Å². The molecule has 0 amide bonds. The minimum atomic E-state index is -3.50. The van der Waals surface area contributed by atoms with Crippen molar-refractivity contribution in [2.45, 2.75) is 18.7 Å². The van der Waals surface area contributed by atoms with Crippen molar-refractivity contribution in [3.05, 3.63) is 53.6 Å². The van der Waals surface area contributed by atoms with Crippen LogP contribution in [0.4, 0.5) is 5.69 Å². The summed E-state index contributed by atoms with van der Waals surface area (Å²) in [6.07, 6.45) is 0. The second-order valence-corrected chi connectivity index (χ2v) is 9.12. The van der Waals surface area contributed by atoms with Crippen LogP contribution in [0.25, 0.3) is 0 Å². The van der Waals surface area contributed by atoms with Crippen LogP contribution >= 0.6 is 12.2 Å². The van der Waals surface area contributed by atoms with Gasteiger partial charge in [-0.25, -0.2) is 8.42 Å². The van der Waals surface area contributed by atoms with Gasteiger partial charge in [-0.05, 0) is 49.8 Å². The number of nitrogens with zero attached hydrogens (tertiary/aromatic N) is 2. The second-order valence-electron chi connectivity index (χ2n) is 6.82. The molecule has 1 aliphatic rings. The predicted octanol–water partition coefficient (Wildman–Crippen LogP) is 3.02. The maximum Gasteiger partial charge on any atom is 0.243 e. The Kier molecular flexibility index (Phi) is 6.22. The van der Waals surface area contributed by atoms with E-state index in [1.807, 2.05) is 55.1 Å². The van der Waals surface area contributed by atoms with Gasteiger partial charge in [0.1, 0.15) is 5.75 Å². The Morgan fingerprint density at radius 1 is 1.07 bits per heavy atom. The first-order valence-electron chi connectivity index (χ1n) is 9.08. The Morgan fingerprint density at radius 3 is 2.43 bits per heavy atom. The molecule has 2 aromatic rings. The molecule has 28 heavy (non-hydrogen) atoms. The highest BCUT2D eigenvalue weighted by Gasteiger charge is 2.30. The molecule has 2 aromatic carbocycles. The average Bonchev–Trinajstić information content (AvgIpc) is 2.68. The minimum absolute atomic E-state index is 0.378. The molecule has 8 heteroatoms. The molecule has 3 rings (SSSR count). The van der Waals surface area contributed by atoms with Crippen molar-refractivity contribution >= 4 is 33.0 Å². The Morgan fingerprint density at radius 2 is 1.79 bits per heavy atom. The predicted molar refractivity (Wildman–Crippen MR) is 115 cm³/mol. The summed E-state index contributed by atoms with van der Waals surface area (Å²) in [6, 6.07) is 13.0. The number of aryl methyl sites for hydroxylation is 2. The maximum atomic E-state index is 13.0. The van der Waals surface area contributed by atoms with Crippen LogP contribution in [-0.2, 0) is 10.0 Å². The van der Waals surface area contributed by atoms with Crippen molar-refractivity contribution in [3.8, 4) is 5.75 Å². The average molecular weight is 420 g/mol. The summed E-state index contributed by atoms with van der Waals surface area (Å²) in [6.45, 7) is 5.67. The van der Waals surface area contributed by atoms with E-state index in [0.717, 1.165) is 22.6 Å². The number of benzene rings is 2. The Balaban J connectivity index is 1.64. The van der Waals surface area contributed by atoms with Crippen LogP contribution in [0.3, 0.4) is 0 Å². The lowest BCUT2D eigenvalue weighted by molar-refractivity contribution is 0.268. The molecule has 0 radical (unpaired) electrons. The zero-order valence-corrected chi connectivity index (χ0v) is 17.9. The molecule has 0 aliphatic carbocycles. The van der Waals surface area contributed by atoms with Crippen molar-refractivity contribution in [1.29, 1.82) is 0 Å². The van der Waals surface area contributed by atoms with Gasteiger partial charge in [0.2, 0.25) is 10.0 Å². The molecule has 0 saturated carbocycles. The van der Waals surface area contributed by atoms with Crippen molar-refractivity contribution in [2.24, 2.45) is 0 Å². The van der Waals surface area contributed by atoms with Gasteiger partial charge in [-0.2, -0.15) is 4.31 Å².